The molecule has 5 nitrogen and oxygen atoms in total. The Kier molecular flexibility index (Phi) is 2.27. The highest BCUT2D eigenvalue weighted by atomic mass is 16.1. The summed E-state index contributed by atoms with van der Waals surface area (Å²) in [5.41, 5.74) is 12.2. The van der Waals surface area contributed by atoms with E-state index in [1.807, 2.05) is 20.8 Å². The minimum Gasteiger partial charge on any atom is -0.395 e. The molecule has 0 unspecified atom stereocenters. The van der Waals surface area contributed by atoms with Crippen LogP contribution >= 0.6 is 0 Å². The number of carbonyl (C=O) groups is 1. The lowest BCUT2D eigenvalue weighted by Gasteiger charge is -2.15. The van der Waals surface area contributed by atoms with Crippen molar-refractivity contribution in [2.24, 2.45) is 12.8 Å². The zero-order valence-electron chi connectivity index (χ0n) is 8.96. The molecule has 78 valence electrons. The van der Waals surface area contributed by atoms with Crippen LogP contribution in [0.25, 0.3) is 0 Å². The van der Waals surface area contributed by atoms with Crippen molar-refractivity contribution in [1.82, 2.24) is 9.78 Å². The second-order valence-electron chi connectivity index (χ2n) is 4.35. The highest BCUT2D eigenvalue weighted by Crippen LogP contribution is 2.28. The van der Waals surface area contributed by atoms with Gasteiger partial charge in [0.1, 0.15) is 5.69 Å². The van der Waals surface area contributed by atoms with Crippen LogP contribution in [0.3, 0.4) is 0 Å². The van der Waals surface area contributed by atoms with Gasteiger partial charge in [-0.3, -0.25) is 9.48 Å². The third kappa shape index (κ3) is 1.57. The van der Waals surface area contributed by atoms with E-state index in [4.69, 9.17) is 11.5 Å². The minimum atomic E-state index is -0.548. The Hall–Kier alpha value is -1.52. The van der Waals surface area contributed by atoms with Crippen molar-refractivity contribution >= 4 is 11.6 Å². The van der Waals surface area contributed by atoms with Gasteiger partial charge in [0.25, 0.3) is 5.91 Å². The minimum absolute atomic E-state index is 0.185. The molecule has 14 heavy (non-hydrogen) atoms. The van der Waals surface area contributed by atoms with E-state index in [1.54, 1.807) is 7.05 Å². The van der Waals surface area contributed by atoms with Crippen LogP contribution in [-0.2, 0) is 12.5 Å². The van der Waals surface area contributed by atoms with E-state index in [2.05, 4.69) is 5.10 Å². The van der Waals surface area contributed by atoms with E-state index in [9.17, 15) is 4.79 Å². The number of anilines is 1. The molecule has 0 aliphatic carbocycles. The summed E-state index contributed by atoms with van der Waals surface area (Å²) in [6.07, 6.45) is 0. The number of aryl methyl sites for hydroxylation is 1. The Balaban J connectivity index is 3.39. The third-order valence-electron chi connectivity index (χ3n) is 2.03. The summed E-state index contributed by atoms with van der Waals surface area (Å²) in [6, 6.07) is 0. The molecule has 1 amide bonds. The van der Waals surface area contributed by atoms with Gasteiger partial charge in [-0.05, 0) is 0 Å². The highest BCUT2D eigenvalue weighted by molar-refractivity contribution is 5.96. The van der Waals surface area contributed by atoms with Gasteiger partial charge in [0, 0.05) is 12.5 Å². The fourth-order valence-corrected chi connectivity index (χ4v) is 1.39. The van der Waals surface area contributed by atoms with Crippen LogP contribution in [0.5, 0.6) is 0 Å². The molecule has 0 radical (unpaired) electrons. The summed E-state index contributed by atoms with van der Waals surface area (Å²) < 4.78 is 1.43. The number of amides is 1. The summed E-state index contributed by atoms with van der Waals surface area (Å²) in [4.78, 5) is 11.1. The van der Waals surface area contributed by atoms with Gasteiger partial charge in [-0.15, -0.1) is 0 Å². The van der Waals surface area contributed by atoms with Crippen molar-refractivity contribution in [3.63, 3.8) is 0 Å². The van der Waals surface area contributed by atoms with Crippen molar-refractivity contribution < 1.29 is 4.79 Å². The van der Waals surface area contributed by atoms with Crippen LogP contribution in [0.1, 0.15) is 37.0 Å². The second-order valence-corrected chi connectivity index (χ2v) is 4.35. The van der Waals surface area contributed by atoms with Crippen molar-refractivity contribution in [3.8, 4) is 0 Å². The van der Waals surface area contributed by atoms with Crippen molar-refractivity contribution in [1.29, 1.82) is 0 Å². The fraction of sp³-hybridized carbons (Fsp3) is 0.556. The molecule has 0 spiro atoms. The average molecular weight is 196 g/mol. The number of hydrogen-bond acceptors (Lipinski definition) is 3. The normalized spacial score (nSPS) is 11.7. The summed E-state index contributed by atoms with van der Waals surface area (Å²) >= 11 is 0. The topological polar surface area (TPSA) is 86.9 Å². The predicted molar refractivity (Wildman–Crippen MR) is 54.8 cm³/mol. The molecule has 0 saturated heterocycles. The van der Waals surface area contributed by atoms with Gasteiger partial charge in [0.05, 0.1) is 11.4 Å². The molecule has 0 aromatic carbocycles. The predicted octanol–water partition coefficient (Wildman–Crippen LogP) is 0.399. The number of nitrogens with zero attached hydrogens (tertiary/aromatic N) is 2. The molecule has 0 atom stereocenters. The van der Waals surface area contributed by atoms with Crippen LogP contribution in [0.15, 0.2) is 0 Å². The standard InChI is InChI=1S/C9H16N4O/c1-9(2,3)7-5(10)6(8(11)14)13(4)12-7/h10H2,1-4H3,(H2,11,14). The Morgan fingerprint density at radius 2 is 1.93 bits per heavy atom. The maximum Gasteiger partial charge on any atom is 0.269 e. The van der Waals surface area contributed by atoms with Gasteiger partial charge in [-0.2, -0.15) is 5.10 Å². The zero-order chi connectivity index (χ0) is 11.1. The first kappa shape index (κ1) is 10.6. The number of rotatable bonds is 1. The van der Waals surface area contributed by atoms with Gasteiger partial charge in [-0.1, -0.05) is 20.8 Å². The van der Waals surface area contributed by atoms with Crippen LogP contribution in [0.4, 0.5) is 5.69 Å². The largest absolute Gasteiger partial charge is 0.395 e. The Morgan fingerprint density at radius 3 is 2.14 bits per heavy atom. The Morgan fingerprint density at radius 1 is 1.43 bits per heavy atom. The molecule has 1 rings (SSSR count). The quantitative estimate of drug-likeness (QED) is 0.681. The van der Waals surface area contributed by atoms with Crippen molar-refractivity contribution in [3.05, 3.63) is 11.4 Å². The molecule has 0 fully saturated rings. The molecule has 5 heteroatoms. The first-order valence-corrected chi connectivity index (χ1v) is 4.38. The molecule has 0 bridgehead atoms. The molecular weight excluding hydrogens is 180 g/mol. The van der Waals surface area contributed by atoms with Gasteiger partial charge in [-0.25, -0.2) is 0 Å². The van der Waals surface area contributed by atoms with Gasteiger partial charge >= 0.3 is 0 Å². The maximum absolute atomic E-state index is 11.1. The zero-order valence-corrected chi connectivity index (χ0v) is 8.96. The van der Waals surface area contributed by atoms with Crippen LogP contribution in [0.2, 0.25) is 0 Å². The number of nitrogen functional groups attached to an aromatic ring is 1. The lowest BCUT2D eigenvalue weighted by atomic mass is 9.91. The molecule has 0 aliphatic heterocycles. The maximum atomic E-state index is 11.1. The molecule has 1 heterocycles. The van der Waals surface area contributed by atoms with Crippen LogP contribution < -0.4 is 11.5 Å². The molecule has 1 aromatic heterocycles. The fourth-order valence-electron chi connectivity index (χ4n) is 1.39. The Labute approximate surface area is 83.1 Å². The summed E-state index contributed by atoms with van der Waals surface area (Å²) in [7, 11) is 1.66. The molecule has 4 N–H and O–H groups in total. The average Bonchev–Trinajstić information content (AvgIpc) is 2.24. The highest BCUT2D eigenvalue weighted by Gasteiger charge is 2.25. The Bertz CT molecular complexity index is 373. The molecular formula is C9H16N4O. The van der Waals surface area contributed by atoms with Gasteiger partial charge < -0.3 is 11.5 Å². The van der Waals surface area contributed by atoms with E-state index >= 15 is 0 Å². The number of nitrogens with two attached hydrogens (primary N) is 2. The monoisotopic (exact) mass is 196 g/mol. The second kappa shape index (κ2) is 3.01. The number of carbonyl (C=O) groups excluding carboxylic acids is 1. The first-order chi connectivity index (χ1) is 6.25. The van der Waals surface area contributed by atoms with Crippen LogP contribution in [0, 0.1) is 0 Å². The van der Waals surface area contributed by atoms with E-state index < -0.39 is 5.91 Å². The van der Waals surface area contributed by atoms with Gasteiger partial charge in [0.15, 0.2) is 0 Å². The van der Waals surface area contributed by atoms with Crippen molar-refractivity contribution in [2.45, 2.75) is 26.2 Å². The van der Waals surface area contributed by atoms with E-state index in [-0.39, 0.29) is 11.1 Å². The van der Waals surface area contributed by atoms with E-state index in [1.165, 1.54) is 4.68 Å². The molecule has 0 saturated carbocycles. The lowest BCUT2D eigenvalue weighted by Crippen LogP contribution is -2.17. The number of primary amides is 1. The lowest BCUT2D eigenvalue weighted by molar-refractivity contribution is 0.0992. The van der Waals surface area contributed by atoms with Crippen LogP contribution in [-0.4, -0.2) is 15.7 Å². The summed E-state index contributed by atoms with van der Waals surface area (Å²) in [6.45, 7) is 5.95. The summed E-state index contributed by atoms with van der Waals surface area (Å²) in [5.74, 6) is -0.548. The van der Waals surface area contributed by atoms with E-state index in [0.29, 0.717) is 11.4 Å². The smallest absolute Gasteiger partial charge is 0.269 e. The third-order valence-corrected chi connectivity index (χ3v) is 2.03. The SMILES string of the molecule is Cn1nc(C(C)(C)C)c(N)c1C(N)=O. The van der Waals surface area contributed by atoms with Gasteiger partial charge in [0.2, 0.25) is 0 Å². The molecule has 0 aliphatic rings. The number of hydrogen-bond donors (Lipinski definition) is 2. The molecule has 1 aromatic rings. The van der Waals surface area contributed by atoms with Crippen molar-refractivity contribution in [2.75, 3.05) is 5.73 Å². The number of aromatic nitrogens is 2. The summed E-state index contributed by atoms with van der Waals surface area (Å²) in [5, 5.41) is 4.19. The first-order valence-electron chi connectivity index (χ1n) is 4.38. The van der Waals surface area contributed by atoms with E-state index in [0.717, 1.165) is 0 Å².